The maximum Gasteiger partial charge on any atom is 0.306 e. The fraction of sp³-hybridized carbons (Fsp3) is 0. The number of hydrogen-bond donors (Lipinski definition) is 3. The van der Waals surface area contributed by atoms with Gasteiger partial charge in [-0.2, -0.15) is 5.26 Å². The Balaban J connectivity index is 1.56. The van der Waals surface area contributed by atoms with Gasteiger partial charge < -0.3 is 9.52 Å². The highest BCUT2D eigenvalue weighted by Gasteiger charge is 2.20. The van der Waals surface area contributed by atoms with Crippen LogP contribution in [0.15, 0.2) is 89.5 Å². The number of amides is 2. The molecule has 3 aromatic carbocycles. The molecule has 0 atom stereocenters. The number of hydrogen-bond acceptors (Lipinski definition) is 5. The number of hydrazine groups is 1. The molecule has 3 N–H and O–H groups in total. The average Bonchev–Trinajstić information content (AvgIpc) is 3.33. The Hall–Kier alpha value is -4.83. The minimum Gasteiger partial charge on any atom is -0.507 e. The van der Waals surface area contributed by atoms with Crippen LogP contribution < -0.4 is 10.9 Å². The van der Waals surface area contributed by atoms with Gasteiger partial charge in [0.05, 0.1) is 11.8 Å². The van der Waals surface area contributed by atoms with Crippen LogP contribution in [0.5, 0.6) is 5.75 Å². The van der Waals surface area contributed by atoms with Crippen molar-refractivity contribution in [2.24, 2.45) is 0 Å². The molecule has 7 heteroatoms. The van der Waals surface area contributed by atoms with E-state index in [9.17, 15) is 14.7 Å². The van der Waals surface area contributed by atoms with Gasteiger partial charge in [0.2, 0.25) is 5.76 Å². The van der Waals surface area contributed by atoms with Gasteiger partial charge in [0.15, 0.2) is 0 Å². The molecule has 0 saturated heterocycles. The van der Waals surface area contributed by atoms with Gasteiger partial charge in [-0.25, -0.2) is 0 Å². The molecule has 0 bridgehead atoms. The molecule has 0 unspecified atom stereocenters. The number of carbonyl (C=O) groups is 2. The van der Waals surface area contributed by atoms with Crippen LogP contribution in [0.25, 0.3) is 22.3 Å². The zero-order valence-electron chi connectivity index (χ0n) is 16.7. The molecule has 4 aromatic rings. The molecule has 4 rings (SSSR count). The van der Waals surface area contributed by atoms with Crippen LogP contribution >= 0.6 is 0 Å². The molecule has 0 fully saturated rings. The third-order valence-electron chi connectivity index (χ3n) is 4.84. The third kappa shape index (κ3) is 4.06. The summed E-state index contributed by atoms with van der Waals surface area (Å²) in [7, 11) is 0. The van der Waals surface area contributed by atoms with Crippen molar-refractivity contribution in [1.29, 1.82) is 5.26 Å². The summed E-state index contributed by atoms with van der Waals surface area (Å²) in [6.07, 6.45) is 1.41. The molecule has 0 saturated carbocycles. The predicted octanol–water partition coefficient (Wildman–Crippen LogP) is 4.27. The van der Waals surface area contributed by atoms with Gasteiger partial charge in [-0.3, -0.25) is 20.4 Å². The summed E-state index contributed by atoms with van der Waals surface area (Å²) in [4.78, 5) is 25.1. The minimum absolute atomic E-state index is 0.0390. The highest BCUT2D eigenvalue weighted by atomic mass is 16.3. The fourth-order valence-corrected chi connectivity index (χ4v) is 3.29. The van der Waals surface area contributed by atoms with Crippen LogP contribution in [0, 0.1) is 11.3 Å². The zero-order valence-corrected chi connectivity index (χ0v) is 16.7. The molecule has 1 heterocycles. The van der Waals surface area contributed by atoms with Crippen LogP contribution in [0.1, 0.15) is 26.5 Å². The Morgan fingerprint density at radius 3 is 2.25 bits per heavy atom. The third-order valence-corrected chi connectivity index (χ3v) is 4.84. The van der Waals surface area contributed by atoms with Gasteiger partial charge in [0.1, 0.15) is 11.8 Å². The monoisotopic (exact) mass is 423 g/mol. The topological polar surface area (TPSA) is 115 Å². The van der Waals surface area contributed by atoms with E-state index in [-0.39, 0.29) is 22.6 Å². The van der Waals surface area contributed by atoms with Gasteiger partial charge in [-0.15, -0.1) is 0 Å². The number of nitrogens with zero attached hydrogens (tertiary/aromatic N) is 1. The first-order valence-corrected chi connectivity index (χ1v) is 9.64. The van der Waals surface area contributed by atoms with E-state index in [2.05, 4.69) is 10.9 Å². The van der Waals surface area contributed by atoms with Crippen molar-refractivity contribution < 1.29 is 19.1 Å². The molecule has 0 aliphatic heterocycles. The van der Waals surface area contributed by atoms with Crippen LogP contribution in [-0.2, 0) is 0 Å². The van der Waals surface area contributed by atoms with E-state index in [0.717, 1.165) is 16.7 Å². The number of phenolic OH excluding ortho intramolecular Hbond substituents is 1. The SMILES string of the molecule is N#Cc1cc(C(=O)NNC(=O)c2occc2-c2ccccc2-c2ccccc2)ccc1O. The Kier molecular flexibility index (Phi) is 5.68. The van der Waals surface area contributed by atoms with Gasteiger partial charge in [0.25, 0.3) is 5.91 Å². The molecule has 0 aliphatic rings. The summed E-state index contributed by atoms with van der Waals surface area (Å²) in [5.74, 6) is -1.48. The summed E-state index contributed by atoms with van der Waals surface area (Å²) in [5.41, 5.74) is 7.98. The molecule has 0 aliphatic carbocycles. The van der Waals surface area contributed by atoms with E-state index in [1.54, 1.807) is 12.1 Å². The van der Waals surface area contributed by atoms with Crippen molar-refractivity contribution in [2.45, 2.75) is 0 Å². The van der Waals surface area contributed by atoms with Crippen molar-refractivity contribution in [1.82, 2.24) is 10.9 Å². The smallest absolute Gasteiger partial charge is 0.306 e. The number of nitriles is 1. The summed E-state index contributed by atoms with van der Waals surface area (Å²) in [5, 5.41) is 18.6. The largest absolute Gasteiger partial charge is 0.507 e. The van der Waals surface area contributed by atoms with Crippen molar-refractivity contribution >= 4 is 11.8 Å². The first kappa shape index (κ1) is 20.4. The van der Waals surface area contributed by atoms with Crippen molar-refractivity contribution in [2.75, 3.05) is 0 Å². The van der Waals surface area contributed by atoms with Crippen molar-refractivity contribution in [3.63, 3.8) is 0 Å². The van der Waals surface area contributed by atoms with Crippen LogP contribution in [0.2, 0.25) is 0 Å². The molecule has 32 heavy (non-hydrogen) atoms. The van der Waals surface area contributed by atoms with Crippen LogP contribution in [-0.4, -0.2) is 16.9 Å². The summed E-state index contributed by atoms with van der Waals surface area (Å²) < 4.78 is 5.42. The normalized spacial score (nSPS) is 10.2. The van der Waals surface area contributed by atoms with E-state index >= 15 is 0 Å². The summed E-state index contributed by atoms with van der Waals surface area (Å²) in [6, 6.07) is 24.7. The first-order valence-electron chi connectivity index (χ1n) is 9.64. The highest BCUT2D eigenvalue weighted by Crippen LogP contribution is 2.34. The molecule has 156 valence electrons. The van der Waals surface area contributed by atoms with Gasteiger partial charge >= 0.3 is 5.91 Å². The molecular weight excluding hydrogens is 406 g/mol. The first-order chi connectivity index (χ1) is 15.6. The second kappa shape index (κ2) is 8.90. The van der Waals surface area contributed by atoms with Gasteiger partial charge in [-0.1, -0.05) is 54.6 Å². The number of nitrogens with one attached hydrogen (secondary N) is 2. The molecule has 7 nitrogen and oxygen atoms in total. The van der Waals surface area contributed by atoms with Gasteiger partial charge in [-0.05, 0) is 41.0 Å². The van der Waals surface area contributed by atoms with Crippen molar-refractivity contribution in [3.05, 3.63) is 102 Å². The molecular formula is C25H17N3O4. The Labute approximate surface area is 183 Å². The van der Waals surface area contributed by atoms with E-state index in [1.807, 2.05) is 54.6 Å². The van der Waals surface area contributed by atoms with Gasteiger partial charge in [0, 0.05) is 11.1 Å². The second-order valence-electron chi connectivity index (χ2n) is 6.83. The molecule has 2 amide bonds. The lowest BCUT2D eigenvalue weighted by molar-refractivity contribution is 0.0831. The number of furan rings is 1. The summed E-state index contributed by atoms with van der Waals surface area (Å²) in [6.45, 7) is 0. The van der Waals surface area contributed by atoms with E-state index < -0.39 is 11.8 Å². The maximum absolute atomic E-state index is 12.7. The highest BCUT2D eigenvalue weighted by molar-refractivity contribution is 6.02. The van der Waals surface area contributed by atoms with E-state index in [0.29, 0.717) is 5.56 Å². The molecule has 0 spiro atoms. The lowest BCUT2D eigenvalue weighted by Crippen LogP contribution is -2.41. The summed E-state index contributed by atoms with van der Waals surface area (Å²) >= 11 is 0. The maximum atomic E-state index is 12.7. The lowest BCUT2D eigenvalue weighted by atomic mass is 9.95. The predicted molar refractivity (Wildman–Crippen MR) is 117 cm³/mol. The number of carbonyl (C=O) groups excluding carboxylic acids is 2. The zero-order chi connectivity index (χ0) is 22.5. The quantitative estimate of drug-likeness (QED) is 0.424. The fourth-order valence-electron chi connectivity index (χ4n) is 3.29. The van der Waals surface area contributed by atoms with Crippen molar-refractivity contribution in [3.8, 4) is 34.1 Å². The number of phenols is 1. The Morgan fingerprint density at radius 1 is 0.812 bits per heavy atom. The van der Waals surface area contributed by atoms with E-state index in [1.165, 1.54) is 24.5 Å². The van der Waals surface area contributed by atoms with Crippen LogP contribution in [0.3, 0.4) is 0 Å². The number of benzene rings is 3. The van der Waals surface area contributed by atoms with E-state index in [4.69, 9.17) is 9.68 Å². The van der Waals surface area contributed by atoms with Crippen LogP contribution in [0.4, 0.5) is 0 Å². The number of rotatable bonds is 4. The minimum atomic E-state index is -0.646. The molecule has 1 aromatic heterocycles. The molecule has 0 radical (unpaired) electrons. The average molecular weight is 423 g/mol. The second-order valence-corrected chi connectivity index (χ2v) is 6.83. The lowest BCUT2D eigenvalue weighted by Gasteiger charge is -2.11. The standard InChI is InChI=1S/C25H17N3O4/c26-15-18-14-17(10-11-22(18)29)24(30)27-28-25(31)23-21(12-13-32-23)20-9-5-4-8-19(20)16-6-2-1-3-7-16/h1-14,29H,(H,27,30)(H,28,31). The number of aromatic hydroxyl groups is 1. The Bertz CT molecular complexity index is 1340. The Morgan fingerprint density at radius 2 is 1.50 bits per heavy atom.